The van der Waals surface area contributed by atoms with Crippen molar-refractivity contribution in [3.8, 4) is 0 Å². The van der Waals surface area contributed by atoms with E-state index in [1.165, 1.54) is 50.1 Å². The van der Waals surface area contributed by atoms with Crippen LogP contribution in [0.2, 0.25) is 13.1 Å². The van der Waals surface area contributed by atoms with Crippen LogP contribution >= 0.6 is 0 Å². The van der Waals surface area contributed by atoms with E-state index < -0.39 is 8.80 Å². The van der Waals surface area contributed by atoms with Crippen LogP contribution in [0.15, 0.2) is 72.8 Å². The van der Waals surface area contributed by atoms with Crippen molar-refractivity contribution in [2.45, 2.75) is 68.5 Å². The van der Waals surface area contributed by atoms with E-state index in [4.69, 9.17) is 0 Å². The minimum absolute atomic E-state index is 0. The van der Waals surface area contributed by atoms with Crippen molar-refractivity contribution >= 4 is 8.80 Å². The van der Waals surface area contributed by atoms with Crippen LogP contribution in [0.25, 0.3) is 0 Å². The molecule has 0 aliphatic rings. The summed E-state index contributed by atoms with van der Waals surface area (Å²) in [5.74, 6) is 0. The normalized spacial score (nSPS) is 9.53. The second-order valence-electron chi connectivity index (χ2n) is 9.83. The van der Waals surface area contributed by atoms with Crippen molar-refractivity contribution in [3.05, 3.63) is 141 Å². The predicted molar refractivity (Wildman–Crippen MR) is 162 cm³/mol. The van der Waals surface area contributed by atoms with Crippen molar-refractivity contribution in [1.82, 2.24) is 0 Å². The average Bonchev–Trinajstić information content (AvgIpc) is 3.18. The molecule has 0 spiro atoms. The van der Waals surface area contributed by atoms with Crippen LogP contribution in [0.1, 0.15) is 55.6 Å². The van der Waals surface area contributed by atoms with Crippen LogP contribution in [0, 0.1) is 68.4 Å². The maximum atomic E-state index is 3.72. The van der Waals surface area contributed by atoms with Gasteiger partial charge in [0.1, 0.15) is 0 Å². The van der Waals surface area contributed by atoms with Crippen LogP contribution in [0.5, 0.6) is 0 Å². The van der Waals surface area contributed by atoms with Crippen LogP contribution in [0.3, 0.4) is 0 Å². The van der Waals surface area contributed by atoms with Gasteiger partial charge in [0, 0.05) is 0 Å². The molecular formula is C34H46SiTi. The second kappa shape index (κ2) is 17.3. The van der Waals surface area contributed by atoms with Gasteiger partial charge in [-0.2, -0.15) is 105 Å². The number of benzene rings is 2. The number of hydrogen-bond acceptors (Lipinski definition) is 0. The van der Waals surface area contributed by atoms with Gasteiger partial charge in [-0.05, 0) is 8.80 Å². The molecule has 0 heterocycles. The minimum atomic E-state index is -0.522. The summed E-state index contributed by atoms with van der Waals surface area (Å²) in [6, 6.07) is 27.3. The Hall–Kier alpha value is -2.19. The van der Waals surface area contributed by atoms with Gasteiger partial charge in [-0.15, -0.1) is 24.3 Å². The largest absolute Gasteiger partial charge is 4.00 e. The van der Waals surface area contributed by atoms with Crippen molar-refractivity contribution in [3.63, 3.8) is 0 Å². The zero-order chi connectivity index (χ0) is 26.5. The molecule has 0 aliphatic heterocycles. The van der Waals surface area contributed by atoms with E-state index in [1.807, 2.05) is 30.3 Å². The smallest absolute Gasteiger partial charge is 0.199 e. The fourth-order valence-electron chi connectivity index (χ4n) is 3.69. The first-order valence-corrected chi connectivity index (χ1v) is 15.6. The maximum absolute atomic E-state index is 3.72. The van der Waals surface area contributed by atoms with Gasteiger partial charge in [0.05, 0.1) is 0 Å². The third-order valence-electron chi connectivity index (χ3n) is 6.53. The van der Waals surface area contributed by atoms with Crippen LogP contribution in [-0.2, 0) is 21.7 Å². The summed E-state index contributed by atoms with van der Waals surface area (Å²) in [7, 11) is -0.522. The van der Waals surface area contributed by atoms with E-state index >= 15 is 0 Å². The quantitative estimate of drug-likeness (QED) is 0.179. The monoisotopic (exact) mass is 530 g/mol. The molecule has 190 valence electrons. The first-order chi connectivity index (χ1) is 16.4. The summed E-state index contributed by atoms with van der Waals surface area (Å²) in [4.78, 5) is 0. The molecule has 36 heavy (non-hydrogen) atoms. The molecular weight excluding hydrogens is 484 g/mol. The molecule has 0 aliphatic carbocycles. The number of rotatable bonds is 2. The molecule has 0 saturated heterocycles. The van der Waals surface area contributed by atoms with Crippen molar-refractivity contribution in [2.24, 2.45) is 0 Å². The summed E-state index contributed by atoms with van der Waals surface area (Å²) in [6.45, 7) is 25.7. The molecule has 0 nitrogen and oxygen atoms in total. The minimum Gasteiger partial charge on any atom is -0.199 e. The van der Waals surface area contributed by atoms with E-state index in [9.17, 15) is 0 Å². The van der Waals surface area contributed by atoms with Gasteiger partial charge >= 0.3 is 21.7 Å². The van der Waals surface area contributed by atoms with Gasteiger partial charge in [-0.3, -0.25) is 0 Å². The van der Waals surface area contributed by atoms with E-state index in [0.29, 0.717) is 0 Å². The van der Waals surface area contributed by atoms with Gasteiger partial charge < -0.3 is 0 Å². The zero-order valence-corrected chi connectivity index (χ0v) is 27.0. The van der Waals surface area contributed by atoms with Crippen molar-refractivity contribution in [2.75, 3.05) is 0 Å². The molecule has 2 heteroatoms. The Morgan fingerprint density at radius 1 is 0.556 bits per heavy atom. The maximum Gasteiger partial charge on any atom is 4.00 e. The Morgan fingerprint density at radius 2 is 0.861 bits per heavy atom. The Bertz CT molecular complexity index is 1020. The van der Waals surface area contributed by atoms with Crippen molar-refractivity contribution in [1.29, 1.82) is 0 Å². The number of hydrogen-bond donors (Lipinski definition) is 0. The summed E-state index contributed by atoms with van der Waals surface area (Å²) in [5, 5.41) is 0. The van der Waals surface area contributed by atoms with Gasteiger partial charge in [-0.1, -0.05) is 80.6 Å². The Morgan fingerprint density at radius 3 is 1.06 bits per heavy atom. The van der Waals surface area contributed by atoms with Crippen LogP contribution in [0.4, 0.5) is 0 Å². The molecule has 0 radical (unpaired) electrons. The van der Waals surface area contributed by atoms with Crippen LogP contribution in [-0.4, -0.2) is 8.80 Å². The number of aryl methyl sites for hydroxylation is 4. The third kappa shape index (κ3) is 12.2. The van der Waals surface area contributed by atoms with Crippen LogP contribution < -0.4 is 0 Å². The van der Waals surface area contributed by atoms with E-state index in [1.54, 1.807) is 0 Å². The van der Waals surface area contributed by atoms with Gasteiger partial charge in [-0.25, -0.2) is 0 Å². The summed E-state index contributed by atoms with van der Waals surface area (Å²) < 4.78 is 0. The summed E-state index contributed by atoms with van der Waals surface area (Å²) in [5.41, 5.74) is 13.9. The topological polar surface area (TPSA) is 0 Å². The SMILES string of the molecule is C[SiH](C)[CH-]c1ccccc1.Cc1[cH-]c(C)c(C)c1C.Cc1[cH-]c(C)c(C)c1C.[CH2-]c1ccccc1.[Ti+4]. The Balaban J connectivity index is 0.000000452. The Kier molecular flexibility index (Phi) is 16.2. The standard InChI is InChI=1S/C9H13Si.2C9H13.C7H7.Ti/c1-10(2)8-9-6-4-3-5-7-9;2*1-6-5-7(2)9(4)8(6)3;1-7-5-3-2-4-6-7;/h3-8,10H,1-2H3;2*5H,1-4H3;2-6H,1H2;/q4*-1;+4. The molecule has 0 amide bonds. The molecule has 0 unspecified atom stereocenters. The molecule has 0 N–H and O–H groups in total. The molecule has 4 aromatic carbocycles. The summed E-state index contributed by atoms with van der Waals surface area (Å²) in [6.07, 6.45) is 0. The third-order valence-corrected chi connectivity index (χ3v) is 7.58. The zero-order valence-electron chi connectivity index (χ0n) is 24.3. The molecule has 0 saturated carbocycles. The Labute approximate surface area is 239 Å². The second-order valence-corrected chi connectivity index (χ2v) is 12.6. The molecule has 4 rings (SSSR count). The van der Waals surface area contributed by atoms with E-state index in [-0.39, 0.29) is 21.7 Å². The first-order valence-electron chi connectivity index (χ1n) is 12.6. The fraction of sp³-hybridized carbons (Fsp3) is 0.294. The van der Waals surface area contributed by atoms with Gasteiger partial charge in [0.2, 0.25) is 0 Å². The predicted octanol–water partition coefficient (Wildman–Crippen LogP) is 9.41. The summed E-state index contributed by atoms with van der Waals surface area (Å²) >= 11 is 0. The average molecular weight is 531 g/mol. The molecule has 4 aromatic rings. The van der Waals surface area contributed by atoms with Gasteiger partial charge in [0.25, 0.3) is 0 Å². The first kappa shape index (κ1) is 33.8. The molecule has 0 atom stereocenters. The van der Waals surface area contributed by atoms with Crippen molar-refractivity contribution < 1.29 is 21.7 Å². The molecule has 0 bridgehead atoms. The molecule has 0 fully saturated rings. The fourth-order valence-corrected chi connectivity index (χ4v) is 4.68. The van der Waals surface area contributed by atoms with Gasteiger partial charge in [0.15, 0.2) is 0 Å². The van der Waals surface area contributed by atoms with E-state index in [2.05, 4.69) is 124 Å². The van der Waals surface area contributed by atoms with E-state index in [0.717, 1.165) is 5.56 Å². The molecule has 0 aromatic heterocycles.